The first-order chi connectivity index (χ1) is 9.81. The molecule has 0 spiro atoms. The van der Waals surface area contributed by atoms with Gasteiger partial charge in [0.15, 0.2) is 0 Å². The van der Waals surface area contributed by atoms with Gasteiger partial charge in [0.1, 0.15) is 10.7 Å². The average Bonchev–Trinajstić information content (AvgIpc) is 2.38. The van der Waals surface area contributed by atoms with Crippen molar-refractivity contribution in [3.8, 4) is 0 Å². The number of benzene rings is 2. The first kappa shape index (κ1) is 14.9. The van der Waals surface area contributed by atoms with Gasteiger partial charge in [-0.05, 0) is 12.1 Å². The van der Waals surface area contributed by atoms with Crippen molar-refractivity contribution in [2.75, 3.05) is 4.72 Å². The first-order valence-corrected chi connectivity index (χ1v) is 7.01. The summed E-state index contributed by atoms with van der Waals surface area (Å²) in [5, 5.41) is 10.6. The van der Waals surface area contributed by atoms with Crippen LogP contribution in [0.3, 0.4) is 0 Å². The van der Waals surface area contributed by atoms with E-state index in [4.69, 9.17) is 0 Å². The molecule has 0 atom stereocenters. The first-order valence-electron chi connectivity index (χ1n) is 5.52. The second-order valence-corrected chi connectivity index (χ2v) is 5.61. The van der Waals surface area contributed by atoms with E-state index in [1.165, 1.54) is 12.1 Å². The molecule has 0 aliphatic carbocycles. The Hall–Kier alpha value is -2.55. The highest BCUT2D eigenvalue weighted by atomic mass is 32.2. The average molecular weight is 314 g/mol. The van der Waals surface area contributed by atoms with Crippen LogP contribution < -0.4 is 4.72 Å². The lowest BCUT2D eigenvalue weighted by atomic mass is 10.3. The van der Waals surface area contributed by atoms with E-state index in [-0.39, 0.29) is 11.8 Å². The third-order valence-electron chi connectivity index (χ3n) is 2.51. The summed E-state index contributed by atoms with van der Waals surface area (Å²) < 4.78 is 52.9. The molecule has 21 heavy (non-hydrogen) atoms. The van der Waals surface area contributed by atoms with E-state index in [9.17, 15) is 27.3 Å². The molecule has 0 saturated carbocycles. The van der Waals surface area contributed by atoms with Crippen molar-refractivity contribution in [2.24, 2.45) is 0 Å². The van der Waals surface area contributed by atoms with Gasteiger partial charge in [-0.2, -0.15) is 4.39 Å². The van der Waals surface area contributed by atoms with Gasteiger partial charge in [-0.3, -0.25) is 14.8 Å². The van der Waals surface area contributed by atoms with E-state index >= 15 is 0 Å². The molecule has 0 unspecified atom stereocenters. The number of nitrogens with zero attached hydrogens (tertiary/aromatic N) is 1. The molecule has 9 heteroatoms. The molecule has 0 saturated heterocycles. The zero-order valence-corrected chi connectivity index (χ0v) is 11.1. The van der Waals surface area contributed by atoms with Crippen LogP contribution in [-0.4, -0.2) is 13.3 Å². The second-order valence-electron chi connectivity index (χ2n) is 3.96. The Labute approximate surface area is 118 Å². The Kier molecular flexibility index (Phi) is 3.85. The van der Waals surface area contributed by atoms with Crippen molar-refractivity contribution in [2.45, 2.75) is 4.90 Å². The number of para-hydroxylation sites is 1. The summed E-state index contributed by atoms with van der Waals surface area (Å²) in [7, 11) is -4.41. The summed E-state index contributed by atoms with van der Waals surface area (Å²) >= 11 is 0. The van der Waals surface area contributed by atoms with E-state index < -0.39 is 37.2 Å². The third kappa shape index (κ3) is 3.14. The van der Waals surface area contributed by atoms with Gasteiger partial charge in [0.25, 0.3) is 10.0 Å². The number of nitro groups is 1. The van der Waals surface area contributed by atoms with Gasteiger partial charge in [0.05, 0.1) is 4.92 Å². The van der Waals surface area contributed by atoms with Crippen molar-refractivity contribution in [3.63, 3.8) is 0 Å². The highest BCUT2D eigenvalue weighted by Crippen LogP contribution is 2.26. The monoisotopic (exact) mass is 314 g/mol. The van der Waals surface area contributed by atoms with Crippen molar-refractivity contribution in [1.29, 1.82) is 0 Å². The molecule has 0 aromatic heterocycles. The standard InChI is InChI=1S/C12H8F2N2O4S/c13-9-6-10(14)12(7-11(9)16(17)18)21(19,20)15-8-4-2-1-3-5-8/h1-7,15H. The Balaban J connectivity index is 2.50. The van der Waals surface area contributed by atoms with Crippen molar-refractivity contribution < 1.29 is 22.1 Å². The summed E-state index contributed by atoms with van der Waals surface area (Å²) in [5.41, 5.74) is -0.978. The molecule has 2 rings (SSSR count). The zero-order chi connectivity index (χ0) is 15.6. The van der Waals surface area contributed by atoms with Crippen molar-refractivity contribution in [1.82, 2.24) is 0 Å². The van der Waals surface area contributed by atoms with Crippen LogP contribution in [0.5, 0.6) is 0 Å². The molecule has 2 aromatic carbocycles. The maximum absolute atomic E-state index is 13.6. The number of sulfonamides is 1. The van der Waals surface area contributed by atoms with Crippen LogP contribution in [-0.2, 0) is 10.0 Å². The Morgan fingerprint density at radius 1 is 1.05 bits per heavy atom. The molecule has 1 N–H and O–H groups in total. The molecule has 0 heterocycles. The fraction of sp³-hybridized carbons (Fsp3) is 0. The number of hydrogen-bond donors (Lipinski definition) is 1. The quantitative estimate of drug-likeness (QED) is 0.694. The van der Waals surface area contributed by atoms with E-state index in [0.29, 0.717) is 6.07 Å². The summed E-state index contributed by atoms with van der Waals surface area (Å²) in [6.07, 6.45) is 0. The van der Waals surface area contributed by atoms with E-state index in [2.05, 4.69) is 0 Å². The fourth-order valence-electron chi connectivity index (χ4n) is 1.58. The molecule has 110 valence electrons. The number of nitrogens with one attached hydrogen (secondary N) is 1. The van der Waals surface area contributed by atoms with Crippen molar-refractivity contribution in [3.05, 3.63) is 64.2 Å². The third-order valence-corrected chi connectivity index (χ3v) is 3.91. The second kappa shape index (κ2) is 5.44. The molecule has 0 aliphatic rings. The van der Waals surface area contributed by atoms with Gasteiger partial charge in [-0.1, -0.05) is 18.2 Å². The number of anilines is 1. The van der Waals surface area contributed by atoms with Crippen LogP contribution in [0, 0.1) is 21.7 Å². The molecule has 2 aromatic rings. The summed E-state index contributed by atoms with van der Waals surface area (Å²) in [6.45, 7) is 0. The van der Waals surface area contributed by atoms with Gasteiger partial charge >= 0.3 is 5.69 Å². The van der Waals surface area contributed by atoms with Crippen molar-refractivity contribution >= 4 is 21.4 Å². The normalized spacial score (nSPS) is 11.1. The molecule has 0 amide bonds. The summed E-state index contributed by atoms with van der Waals surface area (Å²) in [6, 6.07) is 8.05. The number of nitro benzene ring substituents is 1. The molecule has 0 aliphatic heterocycles. The minimum Gasteiger partial charge on any atom is -0.280 e. The van der Waals surface area contributed by atoms with Gasteiger partial charge in [-0.15, -0.1) is 0 Å². The van der Waals surface area contributed by atoms with Gasteiger partial charge < -0.3 is 0 Å². The lowest BCUT2D eigenvalue weighted by Crippen LogP contribution is -2.15. The summed E-state index contributed by atoms with van der Waals surface area (Å²) in [4.78, 5) is 8.47. The highest BCUT2D eigenvalue weighted by molar-refractivity contribution is 7.92. The SMILES string of the molecule is O=[N+]([O-])c1cc(S(=O)(=O)Nc2ccccc2)c(F)cc1F. The fourth-order valence-corrected chi connectivity index (χ4v) is 2.72. The van der Waals surface area contributed by atoms with Crippen LogP contribution >= 0.6 is 0 Å². The van der Waals surface area contributed by atoms with Crippen LogP contribution in [0.4, 0.5) is 20.2 Å². The van der Waals surface area contributed by atoms with Crippen LogP contribution in [0.15, 0.2) is 47.4 Å². The summed E-state index contributed by atoms with van der Waals surface area (Å²) in [5.74, 6) is -2.86. The minimum absolute atomic E-state index is 0.142. The topological polar surface area (TPSA) is 89.3 Å². The van der Waals surface area contributed by atoms with Crippen LogP contribution in [0.1, 0.15) is 0 Å². The van der Waals surface area contributed by atoms with Crippen LogP contribution in [0.25, 0.3) is 0 Å². The molecular weight excluding hydrogens is 306 g/mol. The Bertz CT molecular complexity index is 794. The van der Waals surface area contributed by atoms with E-state index in [1.807, 2.05) is 4.72 Å². The van der Waals surface area contributed by atoms with Crippen LogP contribution in [0.2, 0.25) is 0 Å². The van der Waals surface area contributed by atoms with Gasteiger partial charge in [0, 0.05) is 17.8 Å². The predicted molar refractivity (Wildman–Crippen MR) is 70.3 cm³/mol. The van der Waals surface area contributed by atoms with E-state index in [1.54, 1.807) is 18.2 Å². The molecular formula is C12H8F2N2O4S. The highest BCUT2D eigenvalue weighted by Gasteiger charge is 2.26. The zero-order valence-electron chi connectivity index (χ0n) is 10.3. The maximum atomic E-state index is 13.6. The Morgan fingerprint density at radius 2 is 1.67 bits per heavy atom. The molecule has 0 bridgehead atoms. The maximum Gasteiger partial charge on any atom is 0.306 e. The van der Waals surface area contributed by atoms with Gasteiger partial charge in [-0.25, -0.2) is 12.8 Å². The molecule has 0 fully saturated rings. The van der Waals surface area contributed by atoms with Gasteiger partial charge in [0.2, 0.25) is 5.82 Å². The number of rotatable bonds is 4. The smallest absolute Gasteiger partial charge is 0.280 e. The largest absolute Gasteiger partial charge is 0.306 e. The number of hydrogen-bond acceptors (Lipinski definition) is 4. The minimum atomic E-state index is -4.41. The number of halogens is 2. The predicted octanol–water partition coefficient (Wildman–Crippen LogP) is 2.67. The lowest BCUT2D eigenvalue weighted by Gasteiger charge is -2.08. The molecule has 0 radical (unpaired) electrons. The molecule has 6 nitrogen and oxygen atoms in total. The lowest BCUT2D eigenvalue weighted by molar-refractivity contribution is -0.387. The Morgan fingerprint density at radius 3 is 2.24 bits per heavy atom. The van der Waals surface area contributed by atoms with E-state index in [0.717, 1.165) is 0 Å².